The molecule has 0 saturated carbocycles. The number of nitrogens with zero attached hydrogens (tertiary/aromatic N) is 5. The number of likely N-dealkylation sites (tertiary alicyclic amines) is 1. The van der Waals surface area contributed by atoms with Crippen LogP contribution in [0, 0.1) is 0 Å². The molecule has 1 fully saturated rings. The number of hydrogen-bond acceptors (Lipinski definition) is 8. The number of carbonyl (C=O) groups is 3. The zero-order valence-electron chi connectivity index (χ0n) is 23.3. The number of carbonyl (C=O) groups excluding carboxylic acids is 3. The summed E-state index contributed by atoms with van der Waals surface area (Å²) in [5.41, 5.74) is 3.58. The topological polar surface area (TPSA) is 130 Å². The molecule has 216 valence electrons. The van der Waals surface area contributed by atoms with Gasteiger partial charge < -0.3 is 15.5 Å². The first-order valence-corrected chi connectivity index (χ1v) is 15.0. The molecule has 2 aromatic carbocycles. The van der Waals surface area contributed by atoms with Crippen LogP contribution in [0.3, 0.4) is 0 Å². The van der Waals surface area contributed by atoms with E-state index in [9.17, 15) is 14.4 Å². The largest absolute Gasteiger partial charge is 0.342 e. The summed E-state index contributed by atoms with van der Waals surface area (Å²) >= 11 is 1.38. The van der Waals surface area contributed by atoms with E-state index < -0.39 is 0 Å². The van der Waals surface area contributed by atoms with Crippen molar-refractivity contribution in [1.29, 1.82) is 0 Å². The van der Waals surface area contributed by atoms with Crippen LogP contribution in [-0.2, 0) is 46.5 Å². The van der Waals surface area contributed by atoms with Gasteiger partial charge in [-0.3, -0.25) is 14.4 Å². The van der Waals surface area contributed by atoms with Gasteiger partial charge in [-0.25, -0.2) is 0 Å². The molecule has 1 aliphatic heterocycles. The Hall–Kier alpha value is -4.51. The van der Waals surface area contributed by atoms with Crippen LogP contribution in [0.25, 0.3) is 0 Å². The lowest BCUT2D eigenvalue weighted by atomic mass is 10.0. The molecule has 2 aromatic heterocycles. The number of nitrogens with one attached hydrogen (secondary N) is 2. The molecule has 10 nitrogen and oxygen atoms in total. The van der Waals surface area contributed by atoms with E-state index in [1.807, 2.05) is 65.6 Å². The molecule has 0 atom stereocenters. The Labute approximate surface area is 248 Å². The zero-order valence-corrected chi connectivity index (χ0v) is 24.1. The maximum absolute atomic E-state index is 12.6. The van der Waals surface area contributed by atoms with E-state index >= 15 is 0 Å². The SMILES string of the molecule is O=C(Cc1ccccc1)Nc1ccc(CCCCc2nnc(NC(=O)Cc3cccc(CC(=O)N4CCC4)c3)s2)nn1. The molecule has 2 N–H and O–H groups in total. The molecule has 11 heteroatoms. The third-order valence-electron chi connectivity index (χ3n) is 6.90. The van der Waals surface area contributed by atoms with E-state index in [0.29, 0.717) is 17.4 Å². The first-order chi connectivity index (χ1) is 20.5. The minimum absolute atomic E-state index is 0.129. The van der Waals surface area contributed by atoms with Gasteiger partial charge in [0.25, 0.3) is 0 Å². The highest BCUT2D eigenvalue weighted by Gasteiger charge is 2.20. The lowest BCUT2D eigenvalue weighted by Gasteiger charge is -2.31. The van der Waals surface area contributed by atoms with Gasteiger partial charge in [-0.15, -0.1) is 15.3 Å². The molecule has 1 saturated heterocycles. The quantitative estimate of drug-likeness (QED) is 0.227. The Balaban J connectivity index is 0.996. The van der Waals surface area contributed by atoms with Gasteiger partial charge in [0, 0.05) is 19.5 Å². The van der Waals surface area contributed by atoms with E-state index in [2.05, 4.69) is 31.0 Å². The number of aryl methyl sites for hydroxylation is 2. The average Bonchev–Trinajstić information content (AvgIpc) is 3.38. The Bertz CT molecular complexity index is 1500. The van der Waals surface area contributed by atoms with E-state index in [0.717, 1.165) is 72.6 Å². The van der Waals surface area contributed by atoms with Gasteiger partial charge in [0.1, 0.15) is 5.01 Å². The van der Waals surface area contributed by atoms with Gasteiger partial charge in [0.05, 0.1) is 25.0 Å². The van der Waals surface area contributed by atoms with Gasteiger partial charge in [-0.2, -0.15) is 5.10 Å². The number of unbranched alkanes of at least 4 members (excludes halogenated alkanes) is 1. The van der Waals surface area contributed by atoms with Crippen molar-refractivity contribution in [2.75, 3.05) is 23.7 Å². The Morgan fingerprint density at radius 1 is 0.714 bits per heavy atom. The fourth-order valence-corrected chi connectivity index (χ4v) is 5.36. The number of anilines is 2. The molecule has 0 aliphatic carbocycles. The minimum Gasteiger partial charge on any atom is -0.342 e. The number of benzene rings is 2. The van der Waals surface area contributed by atoms with E-state index in [1.54, 1.807) is 6.07 Å². The standard InChI is InChI=1S/C31H33N7O3S/c39-27(19-22-8-2-1-3-9-22)32-26-15-14-25(34-35-26)12-4-5-13-29-36-37-31(42-29)33-28(40)20-23-10-6-11-24(18-23)21-30(41)38-16-7-17-38/h1-3,6,8-11,14-15,18H,4-5,7,12-13,16-17,19-21H2,(H,32,35,39)(H,33,37,40). The average molecular weight is 584 g/mol. The van der Waals surface area contributed by atoms with Crippen molar-refractivity contribution in [2.24, 2.45) is 0 Å². The van der Waals surface area contributed by atoms with E-state index in [-0.39, 0.29) is 30.6 Å². The third-order valence-corrected chi connectivity index (χ3v) is 7.80. The first kappa shape index (κ1) is 29.0. The molecule has 0 bridgehead atoms. The Kier molecular flexibility index (Phi) is 9.94. The summed E-state index contributed by atoms with van der Waals surface area (Å²) in [6, 6.07) is 20.8. The van der Waals surface area contributed by atoms with Crippen LogP contribution in [0.4, 0.5) is 10.9 Å². The van der Waals surface area contributed by atoms with Crippen molar-refractivity contribution >= 4 is 40.0 Å². The Morgan fingerprint density at radius 3 is 2.17 bits per heavy atom. The minimum atomic E-state index is -0.165. The van der Waals surface area contributed by atoms with Crippen LogP contribution in [0.1, 0.15) is 46.7 Å². The second-order valence-corrected chi connectivity index (χ2v) is 11.3. The number of aromatic nitrogens is 4. The fraction of sp³-hybridized carbons (Fsp3) is 0.323. The predicted molar refractivity (Wildman–Crippen MR) is 161 cm³/mol. The van der Waals surface area contributed by atoms with Crippen molar-refractivity contribution in [3.05, 3.63) is 94.1 Å². The molecular weight excluding hydrogens is 550 g/mol. The summed E-state index contributed by atoms with van der Waals surface area (Å²) in [5.74, 6) is 0.279. The molecule has 0 spiro atoms. The molecule has 42 heavy (non-hydrogen) atoms. The smallest absolute Gasteiger partial charge is 0.230 e. The van der Waals surface area contributed by atoms with Gasteiger partial charge in [0.2, 0.25) is 22.9 Å². The van der Waals surface area contributed by atoms with Gasteiger partial charge in [-0.1, -0.05) is 65.9 Å². The lowest BCUT2D eigenvalue weighted by molar-refractivity contribution is -0.133. The highest BCUT2D eigenvalue weighted by molar-refractivity contribution is 7.15. The Morgan fingerprint density at radius 2 is 1.43 bits per heavy atom. The second-order valence-electron chi connectivity index (χ2n) is 10.3. The van der Waals surface area contributed by atoms with Crippen molar-refractivity contribution < 1.29 is 14.4 Å². The molecule has 3 amide bonds. The van der Waals surface area contributed by atoms with Gasteiger partial charge in [0.15, 0.2) is 5.82 Å². The summed E-state index contributed by atoms with van der Waals surface area (Å²) in [6.45, 7) is 1.68. The van der Waals surface area contributed by atoms with E-state index in [4.69, 9.17) is 0 Å². The maximum atomic E-state index is 12.6. The van der Waals surface area contributed by atoms with Crippen LogP contribution in [0.2, 0.25) is 0 Å². The van der Waals surface area contributed by atoms with Crippen LogP contribution in [-0.4, -0.2) is 56.1 Å². The summed E-state index contributed by atoms with van der Waals surface area (Å²) in [6.07, 6.45) is 5.23. The van der Waals surface area contributed by atoms with Gasteiger partial charge >= 0.3 is 0 Å². The van der Waals surface area contributed by atoms with Crippen LogP contribution >= 0.6 is 11.3 Å². The van der Waals surface area contributed by atoms with Crippen molar-refractivity contribution in [3.63, 3.8) is 0 Å². The summed E-state index contributed by atoms with van der Waals surface area (Å²) in [4.78, 5) is 38.9. The van der Waals surface area contributed by atoms with Crippen LogP contribution in [0.15, 0.2) is 66.7 Å². The maximum Gasteiger partial charge on any atom is 0.230 e. The molecule has 1 aliphatic rings. The number of hydrogen-bond donors (Lipinski definition) is 2. The molecule has 0 unspecified atom stereocenters. The second kappa shape index (κ2) is 14.4. The molecular formula is C31H33N7O3S. The first-order valence-electron chi connectivity index (χ1n) is 14.1. The normalized spacial score (nSPS) is 12.4. The lowest BCUT2D eigenvalue weighted by Crippen LogP contribution is -2.42. The summed E-state index contributed by atoms with van der Waals surface area (Å²) in [7, 11) is 0. The molecule has 4 aromatic rings. The highest BCUT2D eigenvalue weighted by Crippen LogP contribution is 2.19. The zero-order chi connectivity index (χ0) is 29.1. The molecule has 3 heterocycles. The molecule has 5 rings (SSSR count). The summed E-state index contributed by atoms with van der Waals surface area (Å²) in [5, 5.41) is 23.6. The van der Waals surface area contributed by atoms with Crippen LogP contribution in [0.5, 0.6) is 0 Å². The van der Waals surface area contributed by atoms with Crippen molar-refractivity contribution in [1.82, 2.24) is 25.3 Å². The molecule has 0 radical (unpaired) electrons. The van der Waals surface area contributed by atoms with Crippen LogP contribution < -0.4 is 10.6 Å². The number of rotatable bonds is 13. The monoisotopic (exact) mass is 583 g/mol. The van der Waals surface area contributed by atoms with Gasteiger partial charge in [-0.05, 0) is 54.5 Å². The summed E-state index contributed by atoms with van der Waals surface area (Å²) < 4.78 is 0. The predicted octanol–water partition coefficient (Wildman–Crippen LogP) is 4.03. The highest BCUT2D eigenvalue weighted by atomic mass is 32.1. The third kappa shape index (κ3) is 8.74. The van der Waals surface area contributed by atoms with E-state index in [1.165, 1.54) is 11.3 Å². The van der Waals surface area contributed by atoms with Crippen molar-refractivity contribution in [2.45, 2.75) is 51.4 Å². The van der Waals surface area contributed by atoms with Crippen molar-refractivity contribution in [3.8, 4) is 0 Å². The fourth-order valence-electron chi connectivity index (χ4n) is 4.57. The number of amides is 3.